The van der Waals surface area contributed by atoms with Crippen LogP contribution in [0.4, 0.5) is 0 Å². The highest BCUT2D eigenvalue weighted by Gasteiger charge is 2.15. The van der Waals surface area contributed by atoms with Crippen molar-refractivity contribution in [3.63, 3.8) is 0 Å². The minimum atomic E-state index is 0.519. The van der Waals surface area contributed by atoms with Crippen LogP contribution in [0, 0.1) is 0 Å². The molecule has 0 bridgehead atoms. The molecule has 0 saturated carbocycles. The zero-order valence-corrected chi connectivity index (χ0v) is 11.6. The second-order valence-corrected chi connectivity index (χ2v) is 5.46. The van der Waals surface area contributed by atoms with Crippen molar-refractivity contribution in [1.82, 2.24) is 0 Å². The molecule has 0 radical (unpaired) electrons. The highest BCUT2D eigenvalue weighted by molar-refractivity contribution is 6.31. The molecule has 1 aliphatic carbocycles. The van der Waals surface area contributed by atoms with Gasteiger partial charge in [0.1, 0.15) is 0 Å². The third-order valence-electron chi connectivity index (χ3n) is 3.72. The molecule has 0 aliphatic heterocycles. The van der Waals surface area contributed by atoms with E-state index in [4.69, 9.17) is 11.6 Å². The van der Waals surface area contributed by atoms with Gasteiger partial charge in [0.25, 0.3) is 0 Å². The lowest BCUT2D eigenvalue weighted by Crippen LogP contribution is -2.05. The Balaban J connectivity index is 2.27. The summed E-state index contributed by atoms with van der Waals surface area (Å²) in [5, 5.41) is 0.961. The monoisotopic (exact) mass is 248 g/mol. The van der Waals surface area contributed by atoms with Gasteiger partial charge >= 0.3 is 0 Å². The van der Waals surface area contributed by atoms with E-state index in [0.717, 1.165) is 11.4 Å². The smallest absolute Gasteiger partial charge is 0.0443 e. The van der Waals surface area contributed by atoms with Gasteiger partial charge in [-0.15, -0.1) is 0 Å². The molecule has 1 heteroatoms. The molecule has 0 aromatic heterocycles. The van der Waals surface area contributed by atoms with Gasteiger partial charge in [0.05, 0.1) is 0 Å². The normalized spacial score (nSPS) is 17.1. The molecule has 0 heterocycles. The Labute approximate surface area is 110 Å². The van der Waals surface area contributed by atoms with Gasteiger partial charge in [0.15, 0.2) is 0 Å². The lowest BCUT2D eigenvalue weighted by molar-refractivity contribution is 0.680. The Bertz CT molecular complexity index is 418. The van der Waals surface area contributed by atoms with Crippen LogP contribution in [0.1, 0.15) is 55.7 Å². The van der Waals surface area contributed by atoms with Crippen molar-refractivity contribution < 1.29 is 0 Å². The first-order valence-electron chi connectivity index (χ1n) is 6.64. The van der Waals surface area contributed by atoms with Gasteiger partial charge < -0.3 is 0 Å². The van der Waals surface area contributed by atoms with Gasteiger partial charge in [-0.25, -0.2) is 0 Å². The van der Waals surface area contributed by atoms with Crippen molar-refractivity contribution in [2.24, 2.45) is 0 Å². The van der Waals surface area contributed by atoms with E-state index in [1.165, 1.54) is 42.4 Å². The van der Waals surface area contributed by atoms with Crippen LogP contribution < -0.4 is 0 Å². The highest BCUT2D eigenvalue weighted by Crippen LogP contribution is 2.33. The first-order chi connectivity index (χ1) is 8.22. The number of benzene rings is 1. The predicted molar refractivity (Wildman–Crippen MR) is 75.9 cm³/mol. The number of hydrogen-bond acceptors (Lipinski definition) is 0. The molecular weight excluding hydrogens is 228 g/mol. The standard InChI is InChI=1S/C16H21Cl/c1-3-4-7-12(2)15-10-13-8-5-6-9-14(13)11-16(15)17/h3-4,10-12H,5-9H2,1-2H3/b4-3-. The number of fused-ring (bicyclic) bond motifs is 1. The summed E-state index contributed by atoms with van der Waals surface area (Å²) in [5.74, 6) is 0.519. The van der Waals surface area contributed by atoms with Crippen molar-refractivity contribution in [3.05, 3.63) is 46.0 Å². The predicted octanol–water partition coefficient (Wildman–Crippen LogP) is 5.29. The Morgan fingerprint density at radius 2 is 1.88 bits per heavy atom. The van der Waals surface area contributed by atoms with Crippen LogP contribution in [0.15, 0.2) is 24.3 Å². The van der Waals surface area contributed by atoms with Crippen molar-refractivity contribution in [1.29, 1.82) is 0 Å². The summed E-state index contributed by atoms with van der Waals surface area (Å²) in [4.78, 5) is 0. The summed E-state index contributed by atoms with van der Waals surface area (Å²) in [7, 11) is 0. The fraction of sp³-hybridized carbons (Fsp3) is 0.500. The van der Waals surface area contributed by atoms with Crippen molar-refractivity contribution >= 4 is 11.6 Å². The van der Waals surface area contributed by atoms with Gasteiger partial charge in [-0.3, -0.25) is 0 Å². The molecule has 92 valence electrons. The molecule has 1 unspecified atom stereocenters. The maximum absolute atomic E-state index is 6.41. The first-order valence-corrected chi connectivity index (χ1v) is 7.02. The van der Waals surface area contributed by atoms with Gasteiger partial charge in [-0.1, -0.05) is 36.7 Å². The largest absolute Gasteiger partial charge is 0.0916 e. The molecule has 2 rings (SSSR count). The summed E-state index contributed by atoms with van der Waals surface area (Å²) < 4.78 is 0. The van der Waals surface area contributed by atoms with E-state index in [1.807, 2.05) is 0 Å². The summed E-state index contributed by atoms with van der Waals surface area (Å²) >= 11 is 6.41. The van der Waals surface area contributed by atoms with E-state index in [1.54, 1.807) is 0 Å². The van der Waals surface area contributed by atoms with Gasteiger partial charge in [0, 0.05) is 5.02 Å². The van der Waals surface area contributed by atoms with E-state index < -0.39 is 0 Å². The quantitative estimate of drug-likeness (QED) is 0.638. The maximum atomic E-state index is 6.41. The molecule has 17 heavy (non-hydrogen) atoms. The second kappa shape index (κ2) is 5.73. The molecule has 0 spiro atoms. The molecule has 0 nitrogen and oxygen atoms in total. The minimum Gasteiger partial charge on any atom is -0.0916 e. The molecule has 1 aromatic carbocycles. The Kier molecular flexibility index (Phi) is 4.28. The molecule has 1 atom stereocenters. The molecule has 0 saturated heterocycles. The number of rotatable bonds is 3. The molecule has 0 amide bonds. The van der Waals surface area contributed by atoms with E-state index in [2.05, 4.69) is 38.1 Å². The van der Waals surface area contributed by atoms with Crippen LogP contribution in [0.25, 0.3) is 0 Å². The third kappa shape index (κ3) is 2.93. The van der Waals surface area contributed by atoms with Crippen LogP contribution in [0.3, 0.4) is 0 Å². The van der Waals surface area contributed by atoms with Crippen molar-refractivity contribution in [2.45, 2.75) is 51.9 Å². The molecule has 0 fully saturated rings. The summed E-state index contributed by atoms with van der Waals surface area (Å²) in [6, 6.07) is 4.56. The van der Waals surface area contributed by atoms with Crippen LogP contribution in [0.5, 0.6) is 0 Å². The van der Waals surface area contributed by atoms with Gasteiger partial charge in [0.2, 0.25) is 0 Å². The van der Waals surface area contributed by atoms with Crippen LogP contribution in [-0.4, -0.2) is 0 Å². The Hall–Kier alpha value is -0.750. The van der Waals surface area contributed by atoms with Crippen LogP contribution in [-0.2, 0) is 12.8 Å². The summed E-state index contributed by atoms with van der Waals surface area (Å²) in [6.45, 7) is 4.33. The van der Waals surface area contributed by atoms with Gasteiger partial charge in [-0.2, -0.15) is 0 Å². The zero-order chi connectivity index (χ0) is 12.3. The minimum absolute atomic E-state index is 0.519. The van der Waals surface area contributed by atoms with E-state index in [0.29, 0.717) is 5.92 Å². The second-order valence-electron chi connectivity index (χ2n) is 5.06. The van der Waals surface area contributed by atoms with Crippen molar-refractivity contribution in [2.75, 3.05) is 0 Å². The fourth-order valence-corrected chi connectivity index (χ4v) is 2.99. The lowest BCUT2D eigenvalue weighted by atomic mass is 9.87. The van der Waals surface area contributed by atoms with Crippen LogP contribution in [0.2, 0.25) is 5.02 Å². The average molecular weight is 249 g/mol. The maximum Gasteiger partial charge on any atom is 0.0443 e. The number of aryl methyl sites for hydroxylation is 2. The SMILES string of the molecule is C/C=C\CC(C)c1cc2c(cc1Cl)CCCC2. The molecule has 0 N–H and O–H groups in total. The lowest BCUT2D eigenvalue weighted by Gasteiger charge is -2.20. The third-order valence-corrected chi connectivity index (χ3v) is 4.04. The number of hydrogen-bond donors (Lipinski definition) is 0. The zero-order valence-electron chi connectivity index (χ0n) is 10.8. The number of allylic oxidation sites excluding steroid dienone is 2. The summed E-state index contributed by atoms with van der Waals surface area (Å²) in [5.41, 5.74) is 4.33. The van der Waals surface area contributed by atoms with Crippen LogP contribution >= 0.6 is 11.6 Å². The Morgan fingerprint density at radius 3 is 2.53 bits per heavy atom. The molecule has 1 aliphatic rings. The fourth-order valence-electron chi connectivity index (χ4n) is 2.62. The van der Waals surface area contributed by atoms with Crippen molar-refractivity contribution in [3.8, 4) is 0 Å². The van der Waals surface area contributed by atoms with E-state index in [9.17, 15) is 0 Å². The number of halogens is 1. The van der Waals surface area contributed by atoms with Gasteiger partial charge in [-0.05, 0) is 67.7 Å². The summed E-state index contributed by atoms with van der Waals surface area (Å²) in [6.07, 6.45) is 10.5. The average Bonchev–Trinajstić information content (AvgIpc) is 2.35. The van der Waals surface area contributed by atoms with E-state index >= 15 is 0 Å². The van der Waals surface area contributed by atoms with E-state index in [-0.39, 0.29) is 0 Å². The molecular formula is C16H21Cl. The first kappa shape index (κ1) is 12.7. The topological polar surface area (TPSA) is 0 Å². The Morgan fingerprint density at radius 1 is 1.24 bits per heavy atom. The highest BCUT2D eigenvalue weighted by atomic mass is 35.5. The molecule has 1 aromatic rings.